The molecule has 0 spiro atoms. The van der Waals surface area contributed by atoms with Crippen molar-refractivity contribution < 1.29 is 4.74 Å². The highest BCUT2D eigenvalue weighted by Crippen LogP contribution is 2.30. The molecule has 0 atom stereocenters. The van der Waals surface area contributed by atoms with Gasteiger partial charge in [-0.3, -0.25) is 0 Å². The second-order valence-electron chi connectivity index (χ2n) is 3.89. The van der Waals surface area contributed by atoms with E-state index < -0.39 is 0 Å². The van der Waals surface area contributed by atoms with Gasteiger partial charge in [-0.2, -0.15) is 0 Å². The van der Waals surface area contributed by atoms with Crippen molar-refractivity contribution in [3.63, 3.8) is 0 Å². The van der Waals surface area contributed by atoms with Gasteiger partial charge in [-0.25, -0.2) is 0 Å². The van der Waals surface area contributed by atoms with Gasteiger partial charge in [0.05, 0.1) is 0 Å². The minimum atomic E-state index is 0.284. The Morgan fingerprint density at radius 2 is 2.17 bits per heavy atom. The van der Waals surface area contributed by atoms with Gasteiger partial charge in [-0.05, 0) is 35.4 Å². The van der Waals surface area contributed by atoms with Gasteiger partial charge >= 0.3 is 0 Å². The predicted octanol–water partition coefficient (Wildman–Crippen LogP) is 4.34. The molecule has 0 N–H and O–H groups in total. The summed E-state index contributed by atoms with van der Waals surface area (Å²) in [7, 11) is 0. The van der Waals surface area contributed by atoms with Crippen LogP contribution in [0, 0.1) is 12.3 Å². The smallest absolute Gasteiger partial charge is 0.148 e. The lowest BCUT2D eigenvalue weighted by atomic mass is 10.0. The van der Waals surface area contributed by atoms with Gasteiger partial charge in [0.1, 0.15) is 12.4 Å². The van der Waals surface area contributed by atoms with E-state index in [4.69, 9.17) is 11.2 Å². The van der Waals surface area contributed by atoms with Crippen LogP contribution in [0.1, 0.15) is 5.56 Å². The Balaban J connectivity index is 2.58. The topological polar surface area (TPSA) is 9.23 Å². The third kappa shape index (κ3) is 2.57. The minimum Gasteiger partial charge on any atom is -0.481 e. The number of ether oxygens (including phenoxy) is 1. The summed E-state index contributed by atoms with van der Waals surface area (Å²) >= 11 is 3.48. The fourth-order valence-corrected chi connectivity index (χ4v) is 2.33. The second kappa shape index (κ2) is 5.75. The number of rotatable bonds is 4. The van der Waals surface area contributed by atoms with Crippen molar-refractivity contribution in [3.05, 3.63) is 53.0 Å². The molecule has 0 saturated carbocycles. The third-order valence-electron chi connectivity index (χ3n) is 2.71. The molecule has 0 bridgehead atoms. The van der Waals surface area contributed by atoms with Crippen molar-refractivity contribution in [2.45, 2.75) is 6.42 Å². The summed E-state index contributed by atoms with van der Waals surface area (Å²) in [5.74, 6) is 3.32. The van der Waals surface area contributed by atoms with Gasteiger partial charge in [-0.1, -0.05) is 40.1 Å². The average molecular weight is 301 g/mol. The maximum atomic E-state index is 5.58. The lowest BCUT2D eigenvalue weighted by Crippen LogP contribution is -1.98. The van der Waals surface area contributed by atoms with Crippen LogP contribution >= 0.6 is 15.9 Å². The second-order valence-corrected chi connectivity index (χ2v) is 4.81. The van der Waals surface area contributed by atoms with Crippen LogP contribution in [0.2, 0.25) is 0 Å². The molecule has 0 aliphatic carbocycles. The molecular weight excluding hydrogens is 288 g/mol. The highest BCUT2D eigenvalue weighted by molar-refractivity contribution is 9.10. The first-order chi connectivity index (χ1) is 8.76. The van der Waals surface area contributed by atoms with Crippen LogP contribution in [-0.2, 0) is 6.42 Å². The van der Waals surface area contributed by atoms with E-state index in [1.165, 1.54) is 10.8 Å². The normalized spacial score (nSPS) is 10.0. The van der Waals surface area contributed by atoms with Gasteiger partial charge in [0, 0.05) is 10.0 Å². The molecule has 0 aliphatic heterocycles. The van der Waals surface area contributed by atoms with Gasteiger partial charge in [0.15, 0.2) is 0 Å². The molecular formula is C16H13BrO. The summed E-state index contributed by atoms with van der Waals surface area (Å²) < 4.78 is 6.65. The summed E-state index contributed by atoms with van der Waals surface area (Å²) in [6, 6.07) is 10.2. The Kier molecular flexibility index (Phi) is 4.07. The molecule has 0 aromatic heterocycles. The quantitative estimate of drug-likeness (QED) is 0.603. The first kappa shape index (κ1) is 12.7. The van der Waals surface area contributed by atoms with Crippen molar-refractivity contribution in [1.29, 1.82) is 0 Å². The van der Waals surface area contributed by atoms with Crippen LogP contribution in [0.3, 0.4) is 0 Å². The molecule has 90 valence electrons. The number of terminal acetylenes is 1. The maximum Gasteiger partial charge on any atom is 0.148 e. The van der Waals surface area contributed by atoms with E-state index in [1.807, 2.05) is 24.3 Å². The van der Waals surface area contributed by atoms with Crippen molar-refractivity contribution in [2.24, 2.45) is 0 Å². The summed E-state index contributed by atoms with van der Waals surface area (Å²) in [5, 5.41) is 2.35. The van der Waals surface area contributed by atoms with Crippen LogP contribution in [-0.4, -0.2) is 6.61 Å². The van der Waals surface area contributed by atoms with Crippen LogP contribution in [0.25, 0.3) is 10.8 Å². The molecule has 0 radical (unpaired) electrons. The number of hydrogen-bond donors (Lipinski definition) is 0. The molecule has 0 amide bonds. The van der Waals surface area contributed by atoms with Crippen LogP contribution < -0.4 is 4.74 Å². The standard InChI is InChI=1S/C16H13BrO/c1-3-5-15-14-8-7-13(17)11-12(14)6-9-16(15)18-10-4-2/h2-3,6-9,11H,1,5,10H2. The fraction of sp³-hybridized carbons (Fsp3) is 0.125. The molecule has 2 aromatic rings. The van der Waals surface area contributed by atoms with E-state index in [0.29, 0.717) is 0 Å². The van der Waals surface area contributed by atoms with Crippen LogP contribution in [0.4, 0.5) is 0 Å². The Labute approximate surface area is 116 Å². The van der Waals surface area contributed by atoms with Crippen molar-refractivity contribution in [2.75, 3.05) is 6.61 Å². The first-order valence-electron chi connectivity index (χ1n) is 5.64. The zero-order valence-electron chi connectivity index (χ0n) is 9.95. The monoisotopic (exact) mass is 300 g/mol. The number of halogens is 1. The average Bonchev–Trinajstić information content (AvgIpc) is 2.37. The molecule has 1 nitrogen and oxygen atoms in total. The van der Waals surface area contributed by atoms with E-state index >= 15 is 0 Å². The minimum absolute atomic E-state index is 0.284. The zero-order chi connectivity index (χ0) is 13.0. The van der Waals surface area contributed by atoms with Crippen molar-refractivity contribution >= 4 is 26.7 Å². The lowest BCUT2D eigenvalue weighted by Gasteiger charge is -2.12. The highest BCUT2D eigenvalue weighted by atomic mass is 79.9. The molecule has 0 saturated heterocycles. The maximum absolute atomic E-state index is 5.58. The van der Waals surface area contributed by atoms with Crippen molar-refractivity contribution in [1.82, 2.24) is 0 Å². The molecule has 0 aliphatic rings. The molecule has 0 heterocycles. The first-order valence-corrected chi connectivity index (χ1v) is 6.44. The Hall–Kier alpha value is -1.72. The molecule has 18 heavy (non-hydrogen) atoms. The van der Waals surface area contributed by atoms with Crippen LogP contribution in [0.5, 0.6) is 5.75 Å². The molecule has 2 rings (SSSR count). The van der Waals surface area contributed by atoms with Crippen molar-refractivity contribution in [3.8, 4) is 18.1 Å². The summed E-state index contributed by atoms with van der Waals surface area (Å²) in [6.45, 7) is 4.08. The lowest BCUT2D eigenvalue weighted by molar-refractivity contribution is 0.367. The van der Waals surface area contributed by atoms with Gasteiger partial charge in [0.2, 0.25) is 0 Å². The molecule has 2 heteroatoms. The Morgan fingerprint density at radius 3 is 2.89 bits per heavy atom. The van der Waals surface area contributed by atoms with E-state index in [2.05, 4.69) is 40.6 Å². The predicted molar refractivity (Wildman–Crippen MR) is 79.9 cm³/mol. The largest absolute Gasteiger partial charge is 0.481 e. The summed E-state index contributed by atoms with van der Waals surface area (Å²) in [6.07, 6.45) is 7.87. The zero-order valence-corrected chi connectivity index (χ0v) is 11.5. The van der Waals surface area contributed by atoms with E-state index in [0.717, 1.165) is 22.2 Å². The van der Waals surface area contributed by atoms with E-state index in [1.54, 1.807) is 0 Å². The van der Waals surface area contributed by atoms with E-state index in [-0.39, 0.29) is 6.61 Å². The Bertz CT molecular complexity index is 623. The number of fused-ring (bicyclic) bond motifs is 1. The number of benzene rings is 2. The molecule has 2 aromatic carbocycles. The molecule has 0 fully saturated rings. The fourth-order valence-electron chi connectivity index (χ4n) is 1.95. The summed E-state index contributed by atoms with van der Waals surface area (Å²) in [5.41, 5.74) is 1.13. The number of hydrogen-bond acceptors (Lipinski definition) is 1. The van der Waals surface area contributed by atoms with E-state index in [9.17, 15) is 0 Å². The SMILES string of the molecule is C#CCOc1ccc2cc(Br)ccc2c1CC=C. The van der Waals surface area contributed by atoms with Crippen LogP contribution in [0.15, 0.2) is 47.5 Å². The third-order valence-corrected chi connectivity index (χ3v) is 3.20. The van der Waals surface area contributed by atoms with Gasteiger partial charge in [-0.15, -0.1) is 13.0 Å². The summed E-state index contributed by atoms with van der Waals surface area (Å²) in [4.78, 5) is 0. The Morgan fingerprint density at radius 1 is 1.33 bits per heavy atom. The van der Waals surface area contributed by atoms with Gasteiger partial charge < -0.3 is 4.74 Å². The molecule has 0 unspecified atom stereocenters. The van der Waals surface area contributed by atoms with Gasteiger partial charge in [0.25, 0.3) is 0 Å². The number of allylic oxidation sites excluding steroid dienone is 1. The highest BCUT2D eigenvalue weighted by Gasteiger charge is 2.07.